The molecule has 2 aromatic rings. The number of nitrogens with zero attached hydrogens (tertiary/aromatic N) is 1. The minimum absolute atomic E-state index is 0.432. The Hall–Kier alpha value is -1.61. The van der Waals surface area contributed by atoms with Crippen LogP contribution in [0.25, 0.3) is 0 Å². The molecule has 24 heavy (non-hydrogen) atoms. The molecule has 0 fully saturated rings. The third-order valence-electron chi connectivity index (χ3n) is 4.73. The smallest absolute Gasteiger partial charge is 0.353 e. The number of fused-ring (bicyclic) bond motifs is 1. The van der Waals surface area contributed by atoms with E-state index in [4.69, 9.17) is 9.05 Å². The molecule has 1 atom stereocenters. The molecule has 0 bridgehead atoms. The number of rotatable bonds is 4. The van der Waals surface area contributed by atoms with Crippen molar-refractivity contribution in [1.29, 1.82) is 0 Å². The highest BCUT2D eigenvalue weighted by molar-refractivity contribution is 7.54. The van der Waals surface area contributed by atoms with Gasteiger partial charge in [-0.3, -0.25) is 4.57 Å². The summed E-state index contributed by atoms with van der Waals surface area (Å²) in [6.45, 7) is 4.93. The van der Waals surface area contributed by atoms with Gasteiger partial charge < -0.3 is 13.9 Å². The van der Waals surface area contributed by atoms with Crippen molar-refractivity contribution < 1.29 is 13.6 Å². The third-order valence-corrected chi connectivity index (χ3v) is 6.91. The summed E-state index contributed by atoms with van der Waals surface area (Å²) in [6.07, 6.45) is 0.910. The van der Waals surface area contributed by atoms with Gasteiger partial charge in [-0.25, -0.2) is 0 Å². The van der Waals surface area contributed by atoms with Crippen molar-refractivity contribution in [3.05, 3.63) is 64.7 Å². The van der Waals surface area contributed by atoms with Gasteiger partial charge in [0.05, 0.1) is 0 Å². The van der Waals surface area contributed by atoms with E-state index in [0.29, 0.717) is 0 Å². The first kappa shape index (κ1) is 17.2. The fourth-order valence-electron chi connectivity index (χ4n) is 3.44. The zero-order valence-electron chi connectivity index (χ0n) is 14.7. The van der Waals surface area contributed by atoms with Gasteiger partial charge in [0.25, 0.3) is 0 Å². The first-order valence-electron chi connectivity index (χ1n) is 8.13. The highest BCUT2D eigenvalue weighted by Gasteiger charge is 2.43. The second-order valence-electron chi connectivity index (χ2n) is 6.21. The average Bonchev–Trinajstić information content (AvgIpc) is 2.62. The van der Waals surface area contributed by atoms with Gasteiger partial charge in [0.1, 0.15) is 0 Å². The molecule has 0 saturated carbocycles. The minimum atomic E-state index is -3.32. The third kappa shape index (κ3) is 2.90. The normalized spacial score (nSPS) is 17.7. The second-order valence-corrected chi connectivity index (χ2v) is 8.51. The van der Waals surface area contributed by atoms with Crippen LogP contribution in [0.1, 0.15) is 28.0 Å². The summed E-state index contributed by atoms with van der Waals surface area (Å²) in [5.41, 5.74) is 5.65. The molecule has 0 N–H and O–H groups in total. The predicted octanol–water partition coefficient (Wildman–Crippen LogP) is 4.85. The van der Waals surface area contributed by atoms with Crippen molar-refractivity contribution in [1.82, 2.24) is 0 Å². The maximum atomic E-state index is 13.4. The van der Waals surface area contributed by atoms with E-state index in [0.717, 1.165) is 29.8 Å². The molecule has 3 rings (SSSR count). The molecule has 0 aromatic heterocycles. The van der Waals surface area contributed by atoms with Crippen LogP contribution >= 0.6 is 7.60 Å². The Bertz CT molecular complexity index is 782. The highest BCUT2D eigenvalue weighted by Crippen LogP contribution is 2.63. The quantitative estimate of drug-likeness (QED) is 0.743. The Labute approximate surface area is 143 Å². The lowest BCUT2D eigenvalue weighted by Gasteiger charge is -2.41. The molecule has 1 heterocycles. The molecule has 5 heteroatoms. The van der Waals surface area contributed by atoms with Crippen LogP contribution in [0.4, 0.5) is 5.69 Å². The van der Waals surface area contributed by atoms with Gasteiger partial charge in [0.2, 0.25) is 0 Å². The molecule has 0 amide bonds. The van der Waals surface area contributed by atoms with Gasteiger partial charge in [0, 0.05) is 26.5 Å². The van der Waals surface area contributed by atoms with Gasteiger partial charge in [-0.2, -0.15) is 0 Å². The van der Waals surface area contributed by atoms with E-state index in [-0.39, 0.29) is 0 Å². The van der Waals surface area contributed by atoms with Crippen molar-refractivity contribution in [2.45, 2.75) is 26.1 Å². The summed E-state index contributed by atoms with van der Waals surface area (Å²) in [5, 5.41) is 0. The number of hydrogen-bond acceptors (Lipinski definition) is 4. The van der Waals surface area contributed by atoms with Crippen LogP contribution in [-0.2, 0) is 20.0 Å². The molecule has 0 saturated heterocycles. The zero-order valence-corrected chi connectivity index (χ0v) is 15.5. The molecule has 0 spiro atoms. The molecule has 1 aliphatic rings. The fourth-order valence-corrected chi connectivity index (χ4v) is 5.16. The number of benzene rings is 2. The van der Waals surface area contributed by atoms with Crippen molar-refractivity contribution in [2.75, 3.05) is 25.7 Å². The molecule has 4 nitrogen and oxygen atoms in total. The van der Waals surface area contributed by atoms with Gasteiger partial charge in [-0.15, -0.1) is 0 Å². The Morgan fingerprint density at radius 1 is 1.08 bits per heavy atom. The number of anilines is 1. The summed E-state index contributed by atoms with van der Waals surface area (Å²) in [6, 6.07) is 14.5. The average molecular weight is 345 g/mol. The Kier molecular flexibility index (Phi) is 4.82. The van der Waals surface area contributed by atoms with Crippen molar-refractivity contribution in [3.63, 3.8) is 0 Å². The molecular weight excluding hydrogens is 321 g/mol. The van der Waals surface area contributed by atoms with Crippen molar-refractivity contribution in [3.8, 4) is 0 Å². The molecule has 128 valence electrons. The van der Waals surface area contributed by atoms with Crippen LogP contribution in [0.2, 0.25) is 0 Å². The van der Waals surface area contributed by atoms with E-state index in [9.17, 15) is 4.57 Å². The summed E-state index contributed by atoms with van der Waals surface area (Å²) >= 11 is 0. The first-order valence-corrected chi connectivity index (χ1v) is 9.74. The van der Waals surface area contributed by atoms with Crippen LogP contribution in [0.5, 0.6) is 0 Å². The fraction of sp³-hybridized carbons (Fsp3) is 0.368. The van der Waals surface area contributed by atoms with E-state index in [2.05, 4.69) is 43.0 Å². The maximum absolute atomic E-state index is 13.4. The lowest BCUT2D eigenvalue weighted by Crippen LogP contribution is -2.36. The largest absolute Gasteiger partial charge is 0.356 e. The van der Waals surface area contributed by atoms with Gasteiger partial charge in [-0.1, -0.05) is 36.4 Å². The molecule has 0 aliphatic carbocycles. The molecule has 2 aromatic carbocycles. The van der Waals surface area contributed by atoms with Crippen molar-refractivity contribution in [2.24, 2.45) is 0 Å². The molecule has 1 aliphatic heterocycles. The van der Waals surface area contributed by atoms with Crippen LogP contribution in [0.15, 0.2) is 42.5 Å². The van der Waals surface area contributed by atoms with Gasteiger partial charge >= 0.3 is 7.60 Å². The summed E-state index contributed by atoms with van der Waals surface area (Å²) < 4.78 is 24.2. The van der Waals surface area contributed by atoms with Crippen molar-refractivity contribution >= 4 is 13.3 Å². The predicted molar refractivity (Wildman–Crippen MR) is 97.8 cm³/mol. The number of aryl methyl sites for hydroxylation is 2. The summed E-state index contributed by atoms with van der Waals surface area (Å²) in [5.74, 6) is -0.432. The van der Waals surface area contributed by atoms with E-state index in [1.165, 1.54) is 25.3 Å². The standard InChI is InChI=1S/C19H24NO3P/c1-14-9-10-15(2)18(13-14)20-12-11-16-7-5-6-8-17(16)19(20)24(21,22-3)23-4/h5-10,13,19H,11-12H2,1-4H3. The van der Waals surface area contributed by atoms with E-state index in [1.54, 1.807) is 0 Å². The molecule has 1 unspecified atom stereocenters. The Balaban J connectivity index is 2.19. The summed E-state index contributed by atoms with van der Waals surface area (Å²) in [4.78, 5) is 2.18. The lowest BCUT2D eigenvalue weighted by molar-refractivity contribution is 0.263. The topological polar surface area (TPSA) is 38.8 Å². The van der Waals surface area contributed by atoms with E-state index < -0.39 is 13.4 Å². The zero-order chi connectivity index (χ0) is 17.3. The first-order chi connectivity index (χ1) is 11.5. The Morgan fingerprint density at radius 2 is 1.79 bits per heavy atom. The monoisotopic (exact) mass is 345 g/mol. The minimum Gasteiger partial charge on any atom is -0.353 e. The van der Waals surface area contributed by atoms with Gasteiger partial charge in [0.15, 0.2) is 5.78 Å². The Morgan fingerprint density at radius 3 is 2.50 bits per heavy atom. The van der Waals surface area contributed by atoms with E-state index >= 15 is 0 Å². The highest BCUT2D eigenvalue weighted by atomic mass is 31.2. The summed E-state index contributed by atoms with van der Waals surface area (Å²) in [7, 11) is -0.397. The maximum Gasteiger partial charge on any atom is 0.356 e. The van der Waals surface area contributed by atoms with Gasteiger partial charge in [-0.05, 0) is 48.6 Å². The molecule has 0 radical (unpaired) electrons. The van der Waals surface area contributed by atoms with Crippen LogP contribution in [0.3, 0.4) is 0 Å². The number of hydrogen-bond donors (Lipinski definition) is 0. The van der Waals surface area contributed by atoms with Crippen LogP contribution in [-0.4, -0.2) is 20.8 Å². The van der Waals surface area contributed by atoms with Crippen LogP contribution < -0.4 is 4.90 Å². The van der Waals surface area contributed by atoms with Crippen LogP contribution in [0, 0.1) is 13.8 Å². The van der Waals surface area contributed by atoms with E-state index in [1.807, 2.05) is 18.2 Å². The molecular formula is C19H24NO3P. The SMILES string of the molecule is COP(=O)(OC)C1c2ccccc2CCN1c1cc(C)ccc1C. The second kappa shape index (κ2) is 6.72. The lowest BCUT2D eigenvalue weighted by atomic mass is 9.98.